The molecule has 16 heavy (non-hydrogen) atoms. The number of benzene rings is 1. The van der Waals surface area contributed by atoms with Crippen LogP contribution in [0.3, 0.4) is 0 Å². The van der Waals surface area contributed by atoms with E-state index in [2.05, 4.69) is 5.32 Å². The molecule has 1 N–H and O–H groups in total. The molecule has 0 aromatic heterocycles. The Labute approximate surface area is 96.1 Å². The van der Waals surface area contributed by atoms with Gasteiger partial charge in [-0.15, -0.1) is 0 Å². The summed E-state index contributed by atoms with van der Waals surface area (Å²) in [5.41, 5.74) is 1.66. The van der Waals surface area contributed by atoms with Crippen molar-refractivity contribution in [3.63, 3.8) is 0 Å². The van der Waals surface area contributed by atoms with Crippen LogP contribution in [0, 0.1) is 0 Å². The van der Waals surface area contributed by atoms with E-state index in [1.807, 2.05) is 31.3 Å². The van der Waals surface area contributed by atoms with Crippen molar-refractivity contribution in [3.05, 3.63) is 41.5 Å². The highest BCUT2D eigenvalue weighted by molar-refractivity contribution is 5.89. The Morgan fingerprint density at radius 2 is 2.06 bits per heavy atom. The van der Waals surface area contributed by atoms with Crippen LogP contribution in [0.4, 0.5) is 0 Å². The smallest absolute Gasteiger partial charge is 0.338 e. The normalized spacial score (nSPS) is 10.6. The average molecular weight is 219 g/mol. The Balaban J connectivity index is 2.64. The Hall–Kier alpha value is -1.61. The Morgan fingerprint density at radius 1 is 1.38 bits per heavy atom. The maximum Gasteiger partial charge on any atom is 0.338 e. The lowest BCUT2D eigenvalue weighted by Gasteiger charge is -2.01. The molecule has 0 fully saturated rings. The number of esters is 1. The van der Waals surface area contributed by atoms with E-state index in [0.717, 1.165) is 12.1 Å². The highest BCUT2D eigenvalue weighted by Crippen LogP contribution is 2.07. The van der Waals surface area contributed by atoms with E-state index in [1.165, 1.54) is 0 Å². The first-order chi connectivity index (χ1) is 7.77. The van der Waals surface area contributed by atoms with Gasteiger partial charge in [-0.1, -0.05) is 24.3 Å². The second kappa shape index (κ2) is 6.80. The van der Waals surface area contributed by atoms with Crippen molar-refractivity contribution < 1.29 is 9.53 Å². The van der Waals surface area contributed by atoms with Gasteiger partial charge < -0.3 is 10.1 Å². The summed E-state index contributed by atoms with van der Waals surface area (Å²) in [6, 6.07) is 7.35. The minimum absolute atomic E-state index is 0.270. The highest BCUT2D eigenvalue weighted by Gasteiger charge is 2.04. The summed E-state index contributed by atoms with van der Waals surface area (Å²) in [5, 5.41) is 3.02. The van der Waals surface area contributed by atoms with Crippen LogP contribution in [0.15, 0.2) is 30.3 Å². The summed E-state index contributed by atoms with van der Waals surface area (Å²) in [4.78, 5) is 11.4. The molecule has 3 heteroatoms. The molecule has 0 bridgehead atoms. The zero-order valence-corrected chi connectivity index (χ0v) is 9.69. The first-order valence-electron chi connectivity index (χ1n) is 5.36. The van der Waals surface area contributed by atoms with Gasteiger partial charge in [0.25, 0.3) is 0 Å². The molecule has 1 aromatic rings. The number of rotatable bonds is 5. The fourth-order valence-corrected chi connectivity index (χ4v) is 1.26. The van der Waals surface area contributed by atoms with Crippen LogP contribution in [0.25, 0.3) is 6.08 Å². The number of carbonyl (C=O) groups is 1. The molecule has 1 aromatic carbocycles. The standard InChI is InChI=1S/C13H17NO2/c1-3-16-13(15)12-8-6-11(7-9-12)5-4-10-14-2/h4-9,14H,3,10H2,1-2H3. The van der Waals surface area contributed by atoms with Crippen LogP contribution in [0.2, 0.25) is 0 Å². The van der Waals surface area contributed by atoms with Gasteiger partial charge in [0, 0.05) is 6.54 Å². The maximum absolute atomic E-state index is 11.4. The van der Waals surface area contributed by atoms with Crippen LogP contribution in [-0.4, -0.2) is 26.2 Å². The number of hydrogen-bond donors (Lipinski definition) is 1. The Kier molecular flexibility index (Phi) is 5.29. The molecule has 0 atom stereocenters. The molecule has 0 saturated carbocycles. The Bertz CT molecular complexity index is 355. The molecule has 0 aliphatic carbocycles. The van der Waals surface area contributed by atoms with E-state index < -0.39 is 0 Å². The van der Waals surface area contributed by atoms with Crippen molar-refractivity contribution in [1.82, 2.24) is 5.32 Å². The predicted octanol–water partition coefficient (Wildman–Crippen LogP) is 2.10. The lowest BCUT2D eigenvalue weighted by atomic mass is 10.1. The first-order valence-corrected chi connectivity index (χ1v) is 5.36. The van der Waals surface area contributed by atoms with Gasteiger partial charge in [-0.25, -0.2) is 4.79 Å². The number of likely N-dealkylation sites (N-methyl/N-ethyl adjacent to an activating group) is 1. The minimum atomic E-state index is -0.270. The van der Waals surface area contributed by atoms with Gasteiger partial charge >= 0.3 is 5.97 Å². The third-order valence-corrected chi connectivity index (χ3v) is 2.05. The zero-order chi connectivity index (χ0) is 11.8. The lowest BCUT2D eigenvalue weighted by molar-refractivity contribution is 0.0526. The summed E-state index contributed by atoms with van der Waals surface area (Å²) in [6.45, 7) is 3.04. The van der Waals surface area contributed by atoms with Crippen molar-refractivity contribution in [2.75, 3.05) is 20.2 Å². The molecule has 0 aliphatic rings. The summed E-state index contributed by atoms with van der Waals surface area (Å²) >= 11 is 0. The average Bonchev–Trinajstić information content (AvgIpc) is 2.30. The predicted molar refractivity (Wildman–Crippen MR) is 65.4 cm³/mol. The fraction of sp³-hybridized carbons (Fsp3) is 0.308. The van der Waals surface area contributed by atoms with Crippen LogP contribution in [-0.2, 0) is 4.74 Å². The van der Waals surface area contributed by atoms with Crippen LogP contribution in [0.1, 0.15) is 22.8 Å². The molecule has 0 radical (unpaired) electrons. The van der Waals surface area contributed by atoms with Crippen molar-refractivity contribution in [3.8, 4) is 0 Å². The molecule has 0 saturated heterocycles. The lowest BCUT2D eigenvalue weighted by Crippen LogP contribution is -2.04. The fourth-order valence-electron chi connectivity index (χ4n) is 1.26. The molecule has 0 unspecified atom stereocenters. The van der Waals surface area contributed by atoms with E-state index in [-0.39, 0.29) is 5.97 Å². The topological polar surface area (TPSA) is 38.3 Å². The molecule has 0 aliphatic heterocycles. The van der Waals surface area contributed by atoms with Gasteiger partial charge in [0.2, 0.25) is 0 Å². The maximum atomic E-state index is 11.4. The summed E-state index contributed by atoms with van der Waals surface area (Å²) in [7, 11) is 1.90. The molecule has 0 amide bonds. The van der Waals surface area contributed by atoms with Crippen molar-refractivity contribution in [2.24, 2.45) is 0 Å². The van der Waals surface area contributed by atoms with Crippen molar-refractivity contribution in [1.29, 1.82) is 0 Å². The number of carbonyl (C=O) groups excluding carboxylic acids is 1. The van der Waals surface area contributed by atoms with Gasteiger partial charge in [0.05, 0.1) is 12.2 Å². The second-order valence-electron chi connectivity index (χ2n) is 3.30. The monoisotopic (exact) mass is 219 g/mol. The van der Waals surface area contributed by atoms with E-state index in [1.54, 1.807) is 19.1 Å². The molecule has 1 rings (SSSR count). The second-order valence-corrected chi connectivity index (χ2v) is 3.30. The summed E-state index contributed by atoms with van der Waals surface area (Å²) in [5.74, 6) is -0.270. The number of ether oxygens (including phenoxy) is 1. The molecular formula is C13H17NO2. The SMILES string of the molecule is CCOC(=O)c1ccc(C=CCNC)cc1. The minimum Gasteiger partial charge on any atom is -0.462 e. The third kappa shape index (κ3) is 3.87. The Morgan fingerprint density at radius 3 is 2.62 bits per heavy atom. The van der Waals surface area contributed by atoms with Gasteiger partial charge in [0.15, 0.2) is 0 Å². The van der Waals surface area contributed by atoms with Crippen LogP contribution in [0.5, 0.6) is 0 Å². The highest BCUT2D eigenvalue weighted by atomic mass is 16.5. The first kappa shape index (κ1) is 12.5. The molecule has 0 heterocycles. The summed E-state index contributed by atoms with van der Waals surface area (Å²) < 4.78 is 4.90. The van der Waals surface area contributed by atoms with E-state index in [0.29, 0.717) is 12.2 Å². The van der Waals surface area contributed by atoms with Crippen LogP contribution < -0.4 is 5.32 Å². The number of nitrogens with one attached hydrogen (secondary N) is 1. The van der Waals surface area contributed by atoms with E-state index in [4.69, 9.17) is 4.74 Å². The quantitative estimate of drug-likeness (QED) is 0.771. The molecule has 3 nitrogen and oxygen atoms in total. The molecular weight excluding hydrogens is 202 g/mol. The van der Waals surface area contributed by atoms with Gasteiger partial charge in [-0.3, -0.25) is 0 Å². The third-order valence-electron chi connectivity index (χ3n) is 2.05. The molecule has 86 valence electrons. The van der Waals surface area contributed by atoms with Gasteiger partial charge in [0.1, 0.15) is 0 Å². The summed E-state index contributed by atoms with van der Waals surface area (Å²) in [6.07, 6.45) is 4.03. The van der Waals surface area contributed by atoms with Gasteiger partial charge in [-0.05, 0) is 31.7 Å². The van der Waals surface area contributed by atoms with E-state index in [9.17, 15) is 4.79 Å². The van der Waals surface area contributed by atoms with Crippen molar-refractivity contribution >= 4 is 12.0 Å². The largest absolute Gasteiger partial charge is 0.462 e. The zero-order valence-electron chi connectivity index (χ0n) is 9.69. The van der Waals surface area contributed by atoms with Crippen molar-refractivity contribution in [2.45, 2.75) is 6.92 Å². The van der Waals surface area contributed by atoms with Gasteiger partial charge in [-0.2, -0.15) is 0 Å². The van der Waals surface area contributed by atoms with E-state index >= 15 is 0 Å². The molecule has 0 spiro atoms. The number of hydrogen-bond acceptors (Lipinski definition) is 3. The van der Waals surface area contributed by atoms with Crippen LogP contribution >= 0.6 is 0 Å².